The van der Waals surface area contributed by atoms with Gasteiger partial charge in [-0.05, 0) is 74.4 Å². The van der Waals surface area contributed by atoms with Crippen molar-refractivity contribution in [2.45, 2.75) is 83.4 Å². The summed E-state index contributed by atoms with van der Waals surface area (Å²) in [4.78, 5) is 16.0. The molecule has 2 aliphatic rings. The lowest BCUT2D eigenvalue weighted by Gasteiger charge is -2.33. The largest absolute Gasteiger partial charge is 0.488 e. The Labute approximate surface area is 320 Å². The van der Waals surface area contributed by atoms with E-state index >= 15 is 0 Å². The fourth-order valence-corrected chi connectivity index (χ4v) is 7.49. The fourth-order valence-electron chi connectivity index (χ4n) is 7.12. The van der Waals surface area contributed by atoms with E-state index in [2.05, 4.69) is 32.7 Å². The third-order valence-corrected chi connectivity index (χ3v) is 10.5. The Hall–Kier alpha value is -5.22. The molecule has 55 heavy (non-hydrogen) atoms. The van der Waals surface area contributed by atoms with Crippen LogP contribution in [0.25, 0.3) is 11.3 Å². The van der Waals surface area contributed by atoms with Gasteiger partial charge in [-0.3, -0.25) is 13.9 Å². The fraction of sp³-hybridized carbons (Fsp3) is 0.436. The number of carbonyl (C=O) groups excluding carboxylic acids is 1. The molecule has 3 atom stereocenters. The number of anilines is 2. The first-order chi connectivity index (χ1) is 26.2. The molecule has 292 valence electrons. The van der Waals surface area contributed by atoms with Gasteiger partial charge in [-0.1, -0.05) is 45.0 Å². The van der Waals surface area contributed by atoms with E-state index in [0.29, 0.717) is 41.8 Å². The van der Waals surface area contributed by atoms with Gasteiger partial charge in [0.2, 0.25) is 5.95 Å². The minimum atomic E-state index is -3.67. The lowest BCUT2D eigenvalue weighted by Crippen LogP contribution is -2.38. The average molecular weight is 775 g/mol. The Balaban J connectivity index is 1.07. The first-order valence-corrected chi connectivity index (χ1v) is 20.4. The highest BCUT2D eigenvalue weighted by Gasteiger charge is 2.31. The number of hydrogen-bond donors (Lipinski definition) is 2. The monoisotopic (exact) mass is 774 g/mol. The maximum absolute atomic E-state index is 14.7. The van der Waals surface area contributed by atoms with Gasteiger partial charge in [0, 0.05) is 30.1 Å². The number of nitrogens with one attached hydrogen (secondary N) is 2. The quantitative estimate of drug-likeness (QED) is 0.107. The first kappa shape index (κ1) is 38.1. The van der Waals surface area contributed by atoms with Gasteiger partial charge in [-0.15, -0.1) is 10.2 Å². The second kappa shape index (κ2) is 15.5. The third-order valence-electron chi connectivity index (χ3n) is 9.95. The van der Waals surface area contributed by atoms with E-state index in [-0.39, 0.29) is 36.5 Å². The summed E-state index contributed by atoms with van der Waals surface area (Å²) in [6.07, 6.45) is 7.42. The van der Waals surface area contributed by atoms with E-state index in [1.54, 1.807) is 6.07 Å². The van der Waals surface area contributed by atoms with Crippen LogP contribution in [0.4, 0.5) is 21.0 Å². The second-order valence-corrected chi connectivity index (χ2v) is 16.8. The molecular formula is C39H47FN8O6S. The van der Waals surface area contributed by atoms with Crippen LogP contribution in [0.5, 0.6) is 11.5 Å². The lowest BCUT2D eigenvalue weighted by atomic mass is 9.85. The molecule has 0 saturated carbocycles. The van der Waals surface area contributed by atoms with Gasteiger partial charge < -0.3 is 19.7 Å². The number of aromatic nitrogens is 5. The zero-order chi connectivity index (χ0) is 38.9. The number of piperidine rings is 1. The number of ether oxygens (including phenoxy) is 2. The van der Waals surface area contributed by atoms with E-state index in [0.717, 1.165) is 48.4 Å². The maximum atomic E-state index is 14.7. The smallest absolute Gasteiger partial charge is 0.320 e. The van der Waals surface area contributed by atoms with Crippen LogP contribution in [0, 0.1) is 5.82 Å². The van der Waals surface area contributed by atoms with Crippen molar-refractivity contribution in [1.82, 2.24) is 29.7 Å². The molecule has 2 aromatic carbocycles. The molecule has 0 radical (unpaired) electrons. The molecule has 0 bridgehead atoms. The summed E-state index contributed by atoms with van der Waals surface area (Å²) in [5, 5.41) is 19.8. The summed E-state index contributed by atoms with van der Waals surface area (Å²) in [5.74, 6) is 1.14. The number of pyridine rings is 1. The second-order valence-electron chi connectivity index (χ2n) is 15.2. The summed E-state index contributed by atoms with van der Waals surface area (Å²) >= 11 is 0. The molecule has 3 aromatic heterocycles. The normalized spacial score (nSPS) is 18.9. The number of amides is 2. The van der Waals surface area contributed by atoms with Crippen molar-refractivity contribution in [2.24, 2.45) is 0 Å². The molecule has 0 unspecified atom stereocenters. The van der Waals surface area contributed by atoms with E-state index in [4.69, 9.17) is 18.8 Å². The predicted octanol–water partition coefficient (Wildman–Crippen LogP) is 6.86. The molecule has 0 spiro atoms. The number of nitrogens with zero attached hydrogens (tertiary/aromatic N) is 6. The number of fused-ring (bicyclic) bond motifs is 2. The van der Waals surface area contributed by atoms with Crippen molar-refractivity contribution < 1.29 is 31.3 Å². The number of rotatable bonds is 11. The van der Waals surface area contributed by atoms with Crippen molar-refractivity contribution in [3.63, 3.8) is 0 Å². The van der Waals surface area contributed by atoms with Crippen LogP contribution in [0.2, 0.25) is 0 Å². The van der Waals surface area contributed by atoms with E-state index in [1.807, 2.05) is 67.8 Å². The van der Waals surface area contributed by atoms with Gasteiger partial charge in [-0.2, -0.15) is 13.5 Å². The van der Waals surface area contributed by atoms with Crippen molar-refractivity contribution in [3.05, 3.63) is 89.5 Å². The Morgan fingerprint density at radius 2 is 1.78 bits per heavy atom. The summed E-state index contributed by atoms with van der Waals surface area (Å²) in [6, 6.07) is 17.5. The highest BCUT2D eigenvalue weighted by Crippen LogP contribution is 2.39. The maximum Gasteiger partial charge on any atom is 0.320 e. The highest BCUT2D eigenvalue weighted by molar-refractivity contribution is 7.85. The number of benzene rings is 2. The zero-order valence-electron chi connectivity index (χ0n) is 31.7. The van der Waals surface area contributed by atoms with Crippen molar-refractivity contribution >= 4 is 33.6 Å². The van der Waals surface area contributed by atoms with Crippen molar-refractivity contribution in [3.8, 4) is 17.2 Å². The summed E-state index contributed by atoms with van der Waals surface area (Å²) in [6.45, 7) is 8.70. The lowest BCUT2D eigenvalue weighted by molar-refractivity contribution is 0.171. The van der Waals surface area contributed by atoms with Crippen LogP contribution in [0.1, 0.15) is 88.8 Å². The summed E-state index contributed by atoms with van der Waals surface area (Å²) in [7, 11) is -3.67. The molecule has 1 saturated heterocycles. The zero-order valence-corrected chi connectivity index (χ0v) is 32.5. The molecule has 7 rings (SSSR count). The van der Waals surface area contributed by atoms with Crippen LogP contribution in [-0.4, -0.2) is 70.9 Å². The van der Waals surface area contributed by atoms with Gasteiger partial charge in [0.1, 0.15) is 30.9 Å². The first-order valence-electron chi connectivity index (χ1n) is 18.6. The van der Waals surface area contributed by atoms with Crippen LogP contribution in [-0.2, 0) is 19.7 Å². The van der Waals surface area contributed by atoms with Gasteiger partial charge >= 0.3 is 6.03 Å². The standard InChI is InChI=1S/C39H47FN8O6S/c1-25-10-8-9-19-46(25)38-44-43-35-18-14-27(24-47(35)38)54-32-17-16-31(28-11-6-7-12-29(28)32)41-37(49)42-36-23-34(39(2,3)4)45-48(36)26-13-15-30(40)33(22-26)52-20-21-53-55(5,50)51/h6-7,11-15,18,22-25,31-32H,8-10,16-17,19-21H2,1-5H3,(H2,41,42,49)/t25-,31-,32+/m0/s1. The third kappa shape index (κ3) is 8.70. The van der Waals surface area contributed by atoms with Crippen molar-refractivity contribution in [2.75, 3.05) is 36.2 Å². The number of urea groups is 1. The van der Waals surface area contributed by atoms with Crippen LogP contribution >= 0.6 is 0 Å². The van der Waals surface area contributed by atoms with Gasteiger partial charge in [0.05, 0.1) is 29.9 Å². The van der Waals surface area contributed by atoms with E-state index in [1.165, 1.54) is 29.3 Å². The van der Waals surface area contributed by atoms with Gasteiger partial charge in [0.25, 0.3) is 10.1 Å². The minimum absolute atomic E-state index is 0.118. The van der Waals surface area contributed by atoms with E-state index < -0.39 is 22.0 Å². The molecule has 5 aromatic rings. The molecule has 16 heteroatoms. The predicted molar refractivity (Wildman–Crippen MR) is 206 cm³/mol. The highest BCUT2D eigenvalue weighted by atomic mass is 32.2. The van der Waals surface area contributed by atoms with Crippen LogP contribution in [0.3, 0.4) is 0 Å². The molecular weight excluding hydrogens is 728 g/mol. The Morgan fingerprint density at radius 3 is 2.55 bits per heavy atom. The number of carbonyl (C=O) groups is 1. The Kier molecular flexibility index (Phi) is 10.7. The number of halogens is 1. The topological polar surface area (TPSA) is 154 Å². The van der Waals surface area contributed by atoms with Crippen LogP contribution in [0.15, 0.2) is 66.9 Å². The molecule has 14 nitrogen and oxygen atoms in total. The average Bonchev–Trinajstić information content (AvgIpc) is 3.76. The molecule has 1 aliphatic heterocycles. The SMILES string of the molecule is C[C@H]1CCCCN1c1nnc2ccc(O[C@@H]3CC[C@H](NC(=O)Nc4cc(C(C)(C)C)nn4-c4ccc(F)c(OCCOS(C)(=O)=O)c4)c4ccccc43)cn12. The Bertz CT molecular complexity index is 2290. The Morgan fingerprint density at radius 1 is 0.982 bits per heavy atom. The molecule has 1 fully saturated rings. The minimum Gasteiger partial charge on any atom is -0.488 e. The molecule has 2 N–H and O–H groups in total. The van der Waals surface area contributed by atoms with Gasteiger partial charge in [-0.25, -0.2) is 13.9 Å². The molecule has 2 amide bonds. The van der Waals surface area contributed by atoms with Crippen LogP contribution < -0.4 is 25.0 Å². The number of hydrogen-bond acceptors (Lipinski definition) is 10. The molecule has 4 heterocycles. The summed E-state index contributed by atoms with van der Waals surface area (Å²) < 4.78 is 57.7. The van der Waals surface area contributed by atoms with Gasteiger partial charge in [0.15, 0.2) is 17.2 Å². The summed E-state index contributed by atoms with van der Waals surface area (Å²) in [5.41, 5.74) is 3.47. The molecule has 1 aliphatic carbocycles. The van der Waals surface area contributed by atoms with E-state index in [9.17, 15) is 17.6 Å². The van der Waals surface area contributed by atoms with Crippen molar-refractivity contribution in [1.29, 1.82) is 0 Å².